The molecule has 1 atom stereocenters. The molecule has 1 unspecified atom stereocenters. The third-order valence-corrected chi connectivity index (χ3v) is 2.20. The summed E-state index contributed by atoms with van der Waals surface area (Å²) >= 11 is 0. The predicted molar refractivity (Wildman–Crippen MR) is 64.0 cm³/mol. The van der Waals surface area contributed by atoms with E-state index in [1.165, 1.54) is 6.07 Å². The van der Waals surface area contributed by atoms with Gasteiger partial charge in [-0.3, -0.25) is 5.32 Å². The molecule has 0 saturated carbocycles. The summed E-state index contributed by atoms with van der Waals surface area (Å²) in [4.78, 5) is 11.7. The summed E-state index contributed by atoms with van der Waals surface area (Å²) in [6.07, 6.45) is 1.60. The Bertz CT molecular complexity index is 393. The first-order valence-electron chi connectivity index (χ1n) is 5.46. The first-order chi connectivity index (χ1) is 8.20. The number of hydrogen-bond donors (Lipinski definition) is 1. The Morgan fingerprint density at radius 2 is 2.29 bits per heavy atom. The number of nitrogens with one attached hydrogen (secondary N) is 1. The third-order valence-electron chi connectivity index (χ3n) is 2.20. The maximum Gasteiger partial charge on any atom is 0.327 e. The van der Waals surface area contributed by atoms with Gasteiger partial charge in [-0.05, 0) is 13.0 Å². The van der Waals surface area contributed by atoms with Crippen molar-refractivity contribution in [3.8, 4) is 0 Å². The molecule has 0 amide bonds. The Morgan fingerprint density at radius 1 is 1.59 bits per heavy atom. The van der Waals surface area contributed by atoms with Crippen LogP contribution < -0.4 is 5.32 Å². The second kappa shape index (κ2) is 6.81. The van der Waals surface area contributed by atoms with Crippen molar-refractivity contribution >= 4 is 5.97 Å². The Balaban J connectivity index is 2.93. The zero-order valence-electron chi connectivity index (χ0n) is 9.78. The largest absolute Gasteiger partial charge is 0.465 e. The molecule has 0 aliphatic heterocycles. The summed E-state index contributed by atoms with van der Waals surface area (Å²) in [6, 6.07) is 5.34. The van der Waals surface area contributed by atoms with Crippen molar-refractivity contribution in [1.29, 1.82) is 0 Å². The van der Waals surface area contributed by atoms with E-state index in [-0.39, 0.29) is 12.2 Å². The normalized spacial score (nSPS) is 11.9. The van der Waals surface area contributed by atoms with E-state index in [4.69, 9.17) is 4.74 Å². The summed E-state index contributed by atoms with van der Waals surface area (Å²) in [7, 11) is 0. The van der Waals surface area contributed by atoms with Crippen LogP contribution in [0.25, 0.3) is 0 Å². The average molecular weight is 237 g/mol. The average Bonchev–Trinajstić information content (AvgIpc) is 2.32. The minimum atomic E-state index is -0.797. The van der Waals surface area contributed by atoms with Crippen LogP contribution in [0.4, 0.5) is 4.39 Å². The fourth-order valence-electron chi connectivity index (χ4n) is 1.46. The van der Waals surface area contributed by atoms with E-state index in [9.17, 15) is 9.18 Å². The molecular formula is C13H16FNO2. The van der Waals surface area contributed by atoms with Gasteiger partial charge in [0.2, 0.25) is 0 Å². The van der Waals surface area contributed by atoms with Gasteiger partial charge in [0.05, 0.1) is 6.61 Å². The summed E-state index contributed by atoms with van der Waals surface area (Å²) in [6.45, 7) is 5.92. The Kier molecular flexibility index (Phi) is 5.36. The molecule has 0 spiro atoms. The minimum absolute atomic E-state index is 0.263. The molecule has 17 heavy (non-hydrogen) atoms. The van der Waals surface area contributed by atoms with Crippen LogP contribution in [0, 0.1) is 5.82 Å². The maximum atomic E-state index is 13.6. The second-order valence-electron chi connectivity index (χ2n) is 3.40. The van der Waals surface area contributed by atoms with Crippen molar-refractivity contribution < 1.29 is 13.9 Å². The smallest absolute Gasteiger partial charge is 0.327 e. The molecule has 0 aliphatic rings. The van der Waals surface area contributed by atoms with Gasteiger partial charge in [0, 0.05) is 12.1 Å². The van der Waals surface area contributed by atoms with Crippen molar-refractivity contribution in [2.24, 2.45) is 0 Å². The minimum Gasteiger partial charge on any atom is -0.465 e. The highest BCUT2D eigenvalue weighted by Crippen LogP contribution is 2.18. The van der Waals surface area contributed by atoms with Crippen molar-refractivity contribution in [3.05, 3.63) is 48.3 Å². The topological polar surface area (TPSA) is 38.3 Å². The quantitative estimate of drug-likeness (QED) is 0.609. The van der Waals surface area contributed by atoms with Crippen LogP contribution in [0.5, 0.6) is 0 Å². The van der Waals surface area contributed by atoms with E-state index in [1.807, 2.05) is 0 Å². The first kappa shape index (κ1) is 13.4. The highest BCUT2D eigenvalue weighted by atomic mass is 19.1. The van der Waals surface area contributed by atoms with Gasteiger partial charge in [-0.15, -0.1) is 6.58 Å². The van der Waals surface area contributed by atoms with Crippen LogP contribution in [0.3, 0.4) is 0 Å². The Hall–Kier alpha value is -1.68. The van der Waals surface area contributed by atoms with Crippen molar-refractivity contribution in [2.45, 2.75) is 13.0 Å². The number of hydrogen-bond acceptors (Lipinski definition) is 3. The summed E-state index contributed by atoms with van der Waals surface area (Å²) in [5.74, 6) is -0.915. The molecular weight excluding hydrogens is 221 g/mol. The lowest BCUT2D eigenvalue weighted by molar-refractivity contribution is -0.145. The lowest BCUT2D eigenvalue weighted by Crippen LogP contribution is -2.31. The highest BCUT2D eigenvalue weighted by Gasteiger charge is 2.23. The molecule has 0 radical (unpaired) electrons. The molecule has 0 saturated heterocycles. The van der Waals surface area contributed by atoms with E-state index < -0.39 is 17.8 Å². The number of halogens is 1. The Labute approximate surface area is 100 Å². The first-order valence-corrected chi connectivity index (χ1v) is 5.46. The number of ether oxygens (including phenoxy) is 1. The fourth-order valence-corrected chi connectivity index (χ4v) is 1.46. The Morgan fingerprint density at radius 3 is 2.88 bits per heavy atom. The summed E-state index contributed by atoms with van der Waals surface area (Å²) in [5, 5.41) is 2.88. The van der Waals surface area contributed by atoms with E-state index in [2.05, 4.69) is 11.9 Å². The van der Waals surface area contributed by atoms with Gasteiger partial charge in [0.1, 0.15) is 11.9 Å². The lowest BCUT2D eigenvalue weighted by Gasteiger charge is -2.17. The lowest BCUT2D eigenvalue weighted by atomic mass is 10.1. The zero-order valence-corrected chi connectivity index (χ0v) is 9.78. The van der Waals surface area contributed by atoms with Crippen molar-refractivity contribution in [2.75, 3.05) is 13.2 Å². The van der Waals surface area contributed by atoms with Crippen LogP contribution in [0.1, 0.15) is 18.5 Å². The van der Waals surface area contributed by atoms with Gasteiger partial charge in [-0.2, -0.15) is 0 Å². The van der Waals surface area contributed by atoms with Crippen molar-refractivity contribution in [1.82, 2.24) is 5.32 Å². The van der Waals surface area contributed by atoms with Gasteiger partial charge < -0.3 is 4.74 Å². The van der Waals surface area contributed by atoms with Gasteiger partial charge >= 0.3 is 5.97 Å². The number of carbonyl (C=O) groups is 1. The van der Waals surface area contributed by atoms with Gasteiger partial charge in [-0.25, -0.2) is 9.18 Å². The molecule has 0 aromatic heterocycles. The monoisotopic (exact) mass is 237 g/mol. The number of rotatable bonds is 6. The van der Waals surface area contributed by atoms with Crippen LogP contribution in [0.15, 0.2) is 36.9 Å². The third kappa shape index (κ3) is 3.67. The molecule has 1 N–H and O–H groups in total. The highest BCUT2D eigenvalue weighted by molar-refractivity contribution is 5.77. The number of esters is 1. The number of carbonyl (C=O) groups excluding carboxylic acids is 1. The fraction of sp³-hybridized carbons (Fsp3) is 0.308. The SMILES string of the molecule is C=CCNC(C(=O)OCC)c1ccccc1F. The zero-order chi connectivity index (χ0) is 12.7. The van der Waals surface area contributed by atoms with Crippen LogP contribution in [0.2, 0.25) is 0 Å². The molecule has 0 fully saturated rings. The standard InChI is InChI=1S/C13H16FNO2/c1-3-9-15-12(13(16)17-4-2)10-7-5-6-8-11(10)14/h3,5-8,12,15H,1,4,9H2,2H3. The van der Waals surface area contributed by atoms with E-state index in [0.29, 0.717) is 6.54 Å². The van der Waals surface area contributed by atoms with E-state index in [0.717, 1.165) is 0 Å². The molecule has 1 aromatic rings. The van der Waals surface area contributed by atoms with Crippen molar-refractivity contribution in [3.63, 3.8) is 0 Å². The number of benzene rings is 1. The predicted octanol–water partition coefficient (Wildman–Crippen LogP) is 2.21. The van der Waals surface area contributed by atoms with Gasteiger partial charge in [-0.1, -0.05) is 24.3 Å². The van der Waals surface area contributed by atoms with Crippen LogP contribution >= 0.6 is 0 Å². The second-order valence-corrected chi connectivity index (χ2v) is 3.40. The molecule has 1 aromatic carbocycles. The molecule has 1 rings (SSSR count). The van der Waals surface area contributed by atoms with Crippen LogP contribution in [-0.2, 0) is 9.53 Å². The van der Waals surface area contributed by atoms with Gasteiger partial charge in [0.25, 0.3) is 0 Å². The maximum absolute atomic E-state index is 13.6. The van der Waals surface area contributed by atoms with Gasteiger partial charge in [0.15, 0.2) is 0 Å². The summed E-state index contributed by atoms with van der Waals surface area (Å²) in [5.41, 5.74) is 0.285. The molecule has 0 bridgehead atoms. The molecule has 0 aliphatic carbocycles. The molecule has 92 valence electrons. The molecule has 4 heteroatoms. The van der Waals surface area contributed by atoms with Crippen LogP contribution in [-0.4, -0.2) is 19.1 Å². The summed E-state index contributed by atoms with van der Waals surface area (Å²) < 4.78 is 18.5. The van der Waals surface area contributed by atoms with E-state index in [1.54, 1.807) is 31.2 Å². The molecule has 0 heterocycles. The van der Waals surface area contributed by atoms with E-state index >= 15 is 0 Å². The molecule has 3 nitrogen and oxygen atoms in total.